The lowest BCUT2D eigenvalue weighted by Gasteiger charge is -1.99. The van der Waals surface area contributed by atoms with Crippen LogP contribution in [0.4, 0.5) is 0 Å². The van der Waals surface area contributed by atoms with E-state index in [1.807, 2.05) is 0 Å². The Morgan fingerprint density at radius 1 is 1.22 bits per heavy atom. The van der Waals surface area contributed by atoms with Crippen LogP contribution in [0.2, 0.25) is 0 Å². The summed E-state index contributed by atoms with van der Waals surface area (Å²) in [5.74, 6) is 4.44. The second-order valence-electron chi connectivity index (χ2n) is 4.14. The van der Waals surface area contributed by atoms with Gasteiger partial charge in [0.05, 0.1) is 0 Å². The van der Waals surface area contributed by atoms with Crippen molar-refractivity contribution in [2.75, 3.05) is 0 Å². The monoisotopic (exact) mass is 124 g/mol. The molecule has 2 aliphatic carbocycles. The topological polar surface area (TPSA) is 0 Å². The molecular formula is C9H16. The van der Waals surface area contributed by atoms with Crippen LogP contribution < -0.4 is 0 Å². The van der Waals surface area contributed by atoms with E-state index in [9.17, 15) is 0 Å². The Hall–Kier alpha value is 0. The summed E-state index contributed by atoms with van der Waals surface area (Å²) in [5.41, 5.74) is 0. The second-order valence-corrected chi connectivity index (χ2v) is 4.14. The first-order valence-electron chi connectivity index (χ1n) is 4.29. The molecule has 0 bridgehead atoms. The Balaban J connectivity index is 1.81. The van der Waals surface area contributed by atoms with Gasteiger partial charge in [0.1, 0.15) is 0 Å². The zero-order valence-electron chi connectivity index (χ0n) is 6.43. The Kier molecular flexibility index (Phi) is 1.12. The summed E-state index contributed by atoms with van der Waals surface area (Å²) in [6.45, 7) is 4.74. The molecule has 2 aliphatic rings. The van der Waals surface area contributed by atoms with Gasteiger partial charge in [-0.15, -0.1) is 0 Å². The van der Waals surface area contributed by atoms with Crippen LogP contribution in [0.25, 0.3) is 0 Å². The Labute approximate surface area is 57.6 Å². The van der Waals surface area contributed by atoms with Gasteiger partial charge in [0.2, 0.25) is 0 Å². The average Bonchev–Trinajstić information content (AvgIpc) is 2.60. The van der Waals surface area contributed by atoms with Crippen molar-refractivity contribution in [1.82, 2.24) is 0 Å². The molecule has 0 aromatic carbocycles. The first-order chi connectivity index (χ1) is 4.29. The molecule has 0 nitrogen and oxygen atoms in total. The van der Waals surface area contributed by atoms with Crippen molar-refractivity contribution in [2.45, 2.75) is 33.1 Å². The Morgan fingerprint density at radius 3 is 2.22 bits per heavy atom. The quantitative estimate of drug-likeness (QED) is 0.531. The van der Waals surface area contributed by atoms with Gasteiger partial charge < -0.3 is 0 Å². The maximum Gasteiger partial charge on any atom is -0.0352 e. The maximum atomic E-state index is 2.37. The van der Waals surface area contributed by atoms with E-state index >= 15 is 0 Å². The molecule has 52 valence electrons. The molecular weight excluding hydrogens is 108 g/mol. The molecule has 0 saturated heterocycles. The Morgan fingerprint density at radius 2 is 1.89 bits per heavy atom. The average molecular weight is 124 g/mol. The van der Waals surface area contributed by atoms with E-state index in [4.69, 9.17) is 0 Å². The lowest BCUT2D eigenvalue weighted by atomic mass is 10.1. The molecule has 9 heavy (non-hydrogen) atoms. The van der Waals surface area contributed by atoms with Gasteiger partial charge >= 0.3 is 0 Å². The van der Waals surface area contributed by atoms with Gasteiger partial charge in [0.15, 0.2) is 0 Å². The van der Waals surface area contributed by atoms with Crippen molar-refractivity contribution in [1.29, 1.82) is 0 Å². The fraction of sp³-hybridized carbons (Fsp3) is 1.00. The van der Waals surface area contributed by atoms with Crippen LogP contribution in [0.3, 0.4) is 0 Å². The third kappa shape index (κ3) is 0.997. The fourth-order valence-electron chi connectivity index (χ4n) is 2.07. The lowest BCUT2D eigenvalue weighted by molar-refractivity contribution is 0.494. The van der Waals surface area contributed by atoms with Crippen LogP contribution in [-0.2, 0) is 0 Å². The fourth-order valence-corrected chi connectivity index (χ4v) is 2.07. The van der Waals surface area contributed by atoms with Crippen molar-refractivity contribution in [2.24, 2.45) is 23.7 Å². The van der Waals surface area contributed by atoms with Gasteiger partial charge in [-0.1, -0.05) is 13.8 Å². The zero-order valence-corrected chi connectivity index (χ0v) is 6.43. The van der Waals surface area contributed by atoms with Gasteiger partial charge in [-0.3, -0.25) is 0 Å². The van der Waals surface area contributed by atoms with Crippen LogP contribution in [0.1, 0.15) is 33.1 Å². The molecule has 0 aliphatic heterocycles. The van der Waals surface area contributed by atoms with Crippen molar-refractivity contribution in [3.05, 3.63) is 0 Å². The highest BCUT2D eigenvalue weighted by molar-refractivity contribution is 4.97. The van der Waals surface area contributed by atoms with Crippen molar-refractivity contribution in [3.8, 4) is 0 Å². The molecule has 2 saturated carbocycles. The van der Waals surface area contributed by atoms with E-state index in [2.05, 4.69) is 13.8 Å². The summed E-state index contributed by atoms with van der Waals surface area (Å²) in [6.07, 6.45) is 4.66. The van der Waals surface area contributed by atoms with E-state index in [1.165, 1.54) is 11.8 Å². The summed E-state index contributed by atoms with van der Waals surface area (Å²) in [7, 11) is 0. The predicted octanol–water partition coefficient (Wildman–Crippen LogP) is 2.69. The minimum absolute atomic E-state index is 0.968. The molecule has 2 atom stereocenters. The van der Waals surface area contributed by atoms with E-state index in [0.717, 1.165) is 11.8 Å². The van der Waals surface area contributed by atoms with Gasteiger partial charge in [-0.05, 0) is 42.9 Å². The molecule has 0 spiro atoms. The van der Waals surface area contributed by atoms with Crippen LogP contribution in [0, 0.1) is 23.7 Å². The van der Waals surface area contributed by atoms with Crippen molar-refractivity contribution >= 4 is 0 Å². The largest absolute Gasteiger partial charge is 0.0625 e. The number of hydrogen-bond donors (Lipinski definition) is 0. The summed E-state index contributed by atoms with van der Waals surface area (Å²) >= 11 is 0. The third-order valence-electron chi connectivity index (χ3n) is 2.97. The predicted molar refractivity (Wildman–Crippen MR) is 39.2 cm³/mol. The standard InChI is InChI=1S/C9H16/c1-6(2)8-5-9(8)7-3-4-7/h6-9H,3-5H2,1-2H3. The summed E-state index contributed by atoms with van der Waals surface area (Å²) in [6, 6.07) is 0. The Bertz CT molecular complexity index is 105. The summed E-state index contributed by atoms with van der Waals surface area (Å²) < 4.78 is 0. The maximum absolute atomic E-state index is 2.37. The lowest BCUT2D eigenvalue weighted by Crippen LogP contribution is -1.93. The summed E-state index contributed by atoms with van der Waals surface area (Å²) in [4.78, 5) is 0. The second kappa shape index (κ2) is 1.74. The first kappa shape index (κ1) is 5.76. The highest BCUT2D eigenvalue weighted by atomic mass is 14.5. The van der Waals surface area contributed by atoms with Gasteiger partial charge in [-0.25, -0.2) is 0 Å². The molecule has 0 aromatic rings. The van der Waals surface area contributed by atoms with Crippen LogP contribution in [-0.4, -0.2) is 0 Å². The van der Waals surface area contributed by atoms with Gasteiger partial charge in [0, 0.05) is 0 Å². The molecule has 0 radical (unpaired) electrons. The number of rotatable bonds is 2. The smallest absolute Gasteiger partial charge is 0.0352 e. The molecule has 0 heterocycles. The highest BCUT2D eigenvalue weighted by Gasteiger charge is 2.48. The van der Waals surface area contributed by atoms with Crippen molar-refractivity contribution < 1.29 is 0 Å². The minimum Gasteiger partial charge on any atom is -0.0625 e. The third-order valence-corrected chi connectivity index (χ3v) is 2.97. The molecule has 0 amide bonds. The van der Waals surface area contributed by atoms with Crippen molar-refractivity contribution in [3.63, 3.8) is 0 Å². The van der Waals surface area contributed by atoms with E-state index in [0.29, 0.717) is 0 Å². The van der Waals surface area contributed by atoms with E-state index < -0.39 is 0 Å². The normalized spacial score (nSPS) is 41.7. The molecule has 2 fully saturated rings. The first-order valence-corrected chi connectivity index (χ1v) is 4.29. The van der Waals surface area contributed by atoms with Crippen LogP contribution in [0.5, 0.6) is 0 Å². The molecule has 2 rings (SSSR count). The molecule has 0 N–H and O–H groups in total. The van der Waals surface area contributed by atoms with E-state index in [1.54, 1.807) is 19.3 Å². The number of hydrogen-bond acceptors (Lipinski definition) is 0. The highest BCUT2D eigenvalue weighted by Crippen LogP contribution is 2.56. The molecule has 2 unspecified atom stereocenters. The van der Waals surface area contributed by atoms with Crippen LogP contribution in [0.15, 0.2) is 0 Å². The van der Waals surface area contributed by atoms with Gasteiger partial charge in [-0.2, -0.15) is 0 Å². The molecule has 0 aromatic heterocycles. The zero-order chi connectivity index (χ0) is 6.43. The SMILES string of the molecule is CC(C)C1CC1C1CC1. The van der Waals surface area contributed by atoms with Crippen LogP contribution >= 0.6 is 0 Å². The van der Waals surface area contributed by atoms with Gasteiger partial charge in [0.25, 0.3) is 0 Å². The summed E-state index contributed by atoms with van der Waals surface area (Å²) in [5, 5.41) is 0. The minimum atomic E-state index is 0.968. The van der Waals surface area contributed by atoms with E-state index in [-0.39, 0.29) is 0 Å². The molecule has 0 heteroatoms.